The first-order chi connectivity index (χ1) is 15.1. The molecule has 0 fully saturated rings. The fraction of sp³-hybridized carbons (Fsp3) is 0.200. The molecule has 0 aliphatic heterocycles. The van der Waals surface area contributed by atoms with Gasteiger partial charge in [-0.1, -0.05) is 91.4 Å². The van der Waals surface area contributed by atoms with Gasteiger partial charge in [0.2, 0.25) is 0 Å². The maximum Gasteiger partial charge on any atom is 0.146 e. The van der Waals surface area contributed by atoms with Gasteiger partial charge < -0.3 is 0 Å². The van der Waals surface area contributed by atoms with Gasteiger partial charge in [-0.15, -0.1) is 0 Å². The van der Waals surface area contributed by atoms with Crippen LogP contribution in [-0.2, 0) is 19.3 Å². The highest BCUT2D eigenvalue weighted by atomic mass is 19.1. The number of benzene rings is 4. The molecule has 31 heavy (non-hydrogen) atoms. The third-order valence-electron chi connectivity index (χ3n) is 5.68. The zero-order valence-electron chi connectivity index (χ0n) is 18.2. The maximum atomic E-state index is 15.1. The Morgan fingerprint density at radius 2 is 1.32 bits per heavy atom. The minimum Gasteiger partial charge on any atom is -0.205 e. The lowest BCUT2D eigenvalue weighted by molar-refractivity contribution is 0.636. The quantitative estimate of drug-likeness (QED) is 0.302. The summed E-state index contributed by atoms with van der Waals surface area (Å²) in [5.41, 5.74) is 6.48. The number of rotatable bonds is 5. The lowest BCUT2D eigenvalue weighted by atomic mass is 9.99. The number of halogens is 1. The second kappa shape index (κ2) is 9.63. The van der Waals surface area contributed by atoms with Crippen molar-refractivity contribution >= 4 is 10.8 Å². The van der Waals surface area contributed by atoms with Gasteiger partial charge >= 0.3 is 0 Å². The summed E-state index contributed by atoms with van der Waals surface area (Å²) in [5, 5.41) is 1.55. The van der Waals surface area contributed by atoms with E-state index < -0.39 is 0 Å². The summed E-state index contributed by atoms with van der Waals surface area (Å²) in [6.07, 6.45) is 4.12. The van der Waals surface area contributed by atoms with Crippen LogP contribution >= 0.6 is 0 Å². The molecule has 0 saturated heterocycles. The highest BCUT2D eigenvalue weighted by molar-refractivity contribution is 5.85. The van der Waals surface area contributed by atoms with Crippen molar-refractivity contribution in [3.63, 3.8) is 0 Å². The van der Waals surface area contributed by atoms with E-state index in [2.05, 4.69) is 68.2 Å². The van der Waals surface area contributed by atoms with Crippen LogP contribution in [0.1, 0.15) is 46.7 Å². The zero-order valence-corrected chi connectivity index (χ0v) is 18.2. The fourth-order valence-electron chi connectivity index (χ4n) is 3.82. The standard InChI is InChI=1S/C30H27F/c1-3-4-23-9-11-25(12-10-23)15-17-27-18-19-28-21-26(16-20-29(28)30(27)31)14-13-24-7-5-22(2)6-8-24/h5-12,16,18-21H,3-4,13-14H2,1-2H3. The first kappa shape index (κ1) is 20.9. The molecule has 154 valence electrons. The summed E-state index contributed by atoms with van der Waals surface area (Å²) in [7, 11) is 0. The molecule has 0 bridgehead atoms. The number of hydrogen-bond acceptors (Lipinski definition) is 0. The van der Waals surface area contributed by atoms with Crippen LogP contribution in [0, 0.1) is 24.6 Å². The highest BCUT2D eigenvalue weighted by Gasteiger charge is 2.07. The minimum absolute atomic E-state index is 0.238. The van der Waals surface area contributed by atoms with Gasteiger partial charge in [-0.2, -0.15) is 0 Å². The molecule has 4 rings (SSSR count). The molecule has 0 saturated carbocycles. The largest absolute Gasteiger partial charge is 0.205 e. The molecule has 4 aromatic carbocycles. The Balaban J connectivity index is 1.51. The van der Waals surface area contributed by atoms with E-state index in [0.29, 0.717) is 10.9 Å². The summed E-state index contributed by atoms with van der Waals surface area (Å²) in [5.74, 6) is 5.87. The number of hydrogen-bond donors (Lipinski definition) is 0. The summed E-state index contributed by atoms with van der Waals surface area (Å²) in [6.45, 7) is 4.27. The second-order valence-electron chi connectivity index (χ2n) is 8.17. The molecule has 0 atom stereocenters. The third kappa shape index (κ3) is 5.22. The Morgan fingerprint density at radius 1 is 0.677 bits per heavy atom. The van der Waals surface area contributed by atoms with E-state index >= 15 is 4.39 Å². The van der Waals surface area contributed by atoms with Gasteiger partial charge in [0.05, 0.1) is 5.56 Å². The Labute approximate surface area is 184 Å². The van der Waals surface area contributed by atoms with Crippen LogP contribution in [0.3, 0.4) is 0 Å². The molecule has 0 radical (unpaired) electrons. The topological polar surface area (TPSA) is 0 Å². The average molecular weight is 407 g/mol. The molecule has 0 amide bonds. The first-order valence-corrected chi connectivity index (χ1v) is 11.0. The van der Waals surface area contributed by atoms with Crippen LogP contribution in [0.15, 0.2) is 78.9 Å². The van der Waals surface area contributed by atoms with E-state index in [0.717, 1.165) is 36.6 Å². The van der Waals surface area contributed by atoms with E-state index in [1.54, 1.807) is 6.07 Å². The summed E-state index contributed by atoms with van der Waals surface area (Å²) in [6, 6.07) is 26.7. The number of fused-ring (bicyclic) bond motifs is 1. The van der Waals surface area contributed by atoms with Crippen LogP contribution < -0.4 is 0 Å². The van der Waals surface area contributed by atoms with Crippen molar-refractivity contribution in [2.75, 3.05) is 0 Å². The summed E-state index contributed by atoms with van der Waals surface area (Å²) in [4.78, 5) is 0. The third-order valence-corrected chi connectivity index (χ3v) is 5.68. The molecule has 0 unspecified atom stereocenters. The van der Waals surface area contributed by atoms with E-state index in [1.807, 2.05) is 30.3 Å². The van der Waals surface area contributed by atoms with Crippen molar-refractivity contribution < 1.29 is 4.39 Å². The smallest absolute Gasteiger partial charge is 0.146 e. The summed E-state index contributed by atoms with van der Waals surface area (Å²) >= 11 is 0. The molecule has 0 N–H and O–H groups in total. The van der Waals surface area contributed by atoms with Crippen LogP contribution in [0.2, 0.25) is 0 Å². The number of aryl methyl sites for hydroxylation is 4. The predicted octanol–water partition coefficient (Wildman–Crippen LogP) is 7.42. The Bertz CT molecular complexity index is 1240. The van der Waals surface area contributed by atoms with Crippen LogP contribution in [0.5, 0.6) is 0 Å². The van der Waals surface area contributed by atoms with Gasteiger partial charge in [0, 0.05) is 10.9 Å². The molecule has 4 aromatic rings. The van der Waals surface area contributed by atoms with Crippen LogP contribution in [-0.4, -0.2) is 0 Å². The van der Waals surface area contributed by atoms with Gasteiger partial charge in [-0.3, -0.25) is 0 Å². The van der Waals surface area contributed by atoms with Gasteiger partial charge in [0.25, 0.3) is 0 Å². The lowest BCUT2D eigenvalue weighted by Crippen LogP contribution is -1.93. The van der Waals surface area contributed by atoms with E-state index in [-0.39, 0.29) is 5.82 Å². The second-order valence-corrected chi connectivity index (χ2v) is 8.17. The van der Waals surface area contributed by atoms with Crippen molar-refractivity contribution in [2.45, 2.75) is 39.5 Å². The van der Waals surface area contributed by atoms with Gasteiger partial charge in [0.15, 0.2) is 0 Å². The van der Waals surface area contributed by atoms with Crippen molar-refractivity contribution in [3.8, 4) is 11.8 Å². The molecular formula is C30H27F. The van der Waals surface area contributed by atoms with Crippen molar-refractivity contribution in [2.24, 2.45) is 0 Å². The van der Waals surface area contributed by atoms with Crippen LogP contribution in [0.4, 0.5) is 4.39 Å². The van der Waals surface area contributed by atoms with Crippen molar-refractivity contribution in [1.29, 1.82) is 0 Å². The SMILES string of the molecule is CCCc1ccc(C#Cc2ccc3cc(CCc4ccc(C)cc4)ccc3c2F)cc1. The lowest BCUT2D eigenvalue weighted by Gasteiger charge is -2.07. The molecule has 0 aromatic heterocycles. The predicted molar refractivity (Wildman–Crippen MR) is 129 cm³/mol. The van der Waals surface area contributed by atoms with Gasteiger partial charge in [-0.05, 0) is 66.5 Å². The van der Waals surface area contributed by atoms with Crippen LogP contribution in [0.25, 0.3) is 10.8 Å². The first-order valence-electron chi connectivity index (χ1n) is 11.0. The molecule has 0 nitrogen and oxygen atoms in total. The van der Waals surface area contributed by atoms with Gasteiger partial charge in [0.1, 0.15) is 5.82 Å². The van der Waals surface area contributed by atoms with Crippen molar-refractivity contribution in [3.05, 3.63) is 118 Å². The van der Waals surface area contributed by atoms with E-state index in [9.17, 15) is 0 Å². The van der Waals surface area contributed by atoms with E-state index in [1.165, 1.54) is 22.3 Å². The molecule has 1 heteroatoms. The summed E-state index contributed by atoms with van der Waals surface area (Å²) < 4.78 is 15.1. The van der Waals surface area contributed by atoms with Crippen molar-refractivity contribution in [1.82, 2.24) is 0 Å². The van der Waals surface area contributed by atoms with E-state index in [4.69, 9.17) is 0 Å². The minimum atomic E-state index is -0.238. The molecular weight excluding hydrogens is 379 g/mol. The molecule has 0 aliphatic carbocycles. The molecule has 0 spiro atoms. The Morgan fingerprint density at radius 3 is 2.06 bits per heavy atom. The maximum absolute atomic E-state index is 15.1. The molecule has 0 heterocycles. The fourth-order valence-corrected chi connectivity index (χ4v) is 3.82. The Kier molecular flexibility index (Phi) is 6.48. The zero-order chi connectivity index (χ0) is 21.6. The average Bonchev–Trinajstić information content (AvgIpc) is 2.79. The monoisotopic (exact) mass is 406 g/mol. The molecule has 0 aliphatic rings. The highest BCUT2D eigenvalue weighted by Crippen LogP contribution is 2.23. The normalized spacial score (nSPS) is 10.7. The van der Waals surface area contributed by atoms with Gasteiger partial charge in [-0.25, -0.2) is 4.39 Å². The Hall–Kier alpha value is -3.37.